The fourth-order valence-electron chi connectivity index (χ4n) is 2.85. The lowest BCUT2D eigenvalue weighted by molar-refractivity contribution is 0.102. The summed E-state index contributed by atoms with van der Waals surface area (Å²) in [6.45, 7) is 7.31. The predicted octanol–water partition coefficient (Wildman–Crippen LogP) is 3.76. The van der Waals surface area contributed by atoms with Crippen LogP contribution in [0.3, 0.4) is 0 Å². The molecule has 29 heavy (non-hydrogen) atoms. The normalized spacial score (nSPS) is 11.2. The molecule has 0 aliphatic heterocycles. The van der Waals surface area contributed by atoms with Gasteiger partial charge in [0.25, 0.3) is 15.9 Å². The number of hydrogen-bond donors (Lipinski definition) is 2. The third-order valence-corrected chi connectivity index (χ3v) is 5.61. The van der Waals surface area contributed by atoms with Gasteiger partial charge in [-0.15, -0.1) is 0 Å². The number of sulfonamides is 1. The van der Waals surface area contributed by atoms with E-state index in [0.717, 1.165) is 11.1 Å². The molecule has 0 spiro atoms. The van der Waals surface area contributed by atoms with Gasteiger partial charge in [0.05, 0.1) is 4.90 Å². The highest BCUT2D eigenvalue weighted by Crippen LogP contribution is 2.19. The van der Waals surface area contributed by atoms with E-state index in [1.165, 1.54) is 12.1 Å². The van der Waals surface area contributed by atoms with E-state index in [-0.39, 0.29) is 16.8 Å². The molecule has 2 aromatic carbocycles. The molecule has 1 aromatic heterocycles. The van der Waals surface area contributed by atoms with E-state index < -0.39 is 10.0 Å². The average Bonchev–Trinajstić information content (AvgIpc) is 2.63. The topological polar surface area (TPSA) is 101 Å². The molecule has 0 saturated heterocycles. The SMILES string of the molecule is Cc1ccc(C)c(C(=O)Nc2ccc(S(=O)(=O)Nc3nc(C)cc(C)n3)cc2)c1. The molecule has 1 heterocycles. The molecule has 0 saturated carbocycles. The molecule has 1 amide bonds. The molecule has 0 fully saturated rings. The highest BCUT2D eigenvalue weighted by Gasteiger charge is 2.17. The van der Waals surface area contributed by atoms with Crippen LogP contribution in [-0.4, -0.2) is 24.3 Å². The molecule has 7 nitrogen and oxygen atoms in total. The number of nitrogens with zero attached hydrogens (tertiary/aromatic N) is 2. The summed E-state index contributed by atoms with van der Waals surface area (Å²) in [4.78, 5) is 20.7. The van der Waals surface area contributed by atoms with Gasteiger partial charge in [0.1, 0.15) is 0 Å². The largest absolute Gasteiger partial charge is 0.322 e. The van der Waals surface area contributed by atoms with Crippen LogP contribution in [0.4, 0.5) is 11.6 Å². The number of amides is 1. The summed E-state index contributed by atoms with van der Waals surface area (Å²) in [7, 11) is -3.84. The smallest absolute Gasteiger partial charge is 0.264 e. The number of anilines is 2. The van der Waals surface area contributed by atoms with Crippen LogP contribution < -0.4 is 10.0 Å². The molecule has 2 N–H and O–H groups in total. The Kier molecular flexibility index (Phi) is 5.65. The maximum atomic E-state index is 12.6. The van der Waals surface area contributed by atoms with Gasteiger partial charge >= 0.3 is 0 Å². The van der Waals surface area contributed by atoms with Gasteiger partial charge < -0.3 is 5.32 Å². The van der Waals surface area contributed by atoms with Gasteiger partial charge in [-0.2, -0.15) is 0 Å². The van der Waals surface area contributed by atoms with E-state index in [1.54, 1.807) is 32.0 Å². The van der Waals surface area contributed by atoms with Crippen molar-refractivity contribution in [3.8, 4) is 0 Å². The summed E-state index contributed by atoms with van der Waals surface area (Å²) in [5.41, 5.74) is 4.26. The van der Waals surface area contributed by atoms with E-state index in [0.29, 0.717) is 22.6 Å². The molecular weight excluding hydrogens is 388 g/mol. The number of aromatic nitrogens is 2. The summed E-state index contributed by atoms with van der Waals surface area (Å²) >= 11 is 0. The Bertz CT molecular complexity index is 1150. The van der Waals surface area contributed by atoms with Crippen LogP contribution in [0.15, 0.2) is 53.4 Å². The van der Waals surface area contributed by atoms with Gasteiger partial charge in [0, 0.05) is 22.6 Å². The lowest BCUT2D eigenvalue weighted by Crippen LogP contribution is -2.16. The number of rotatable bonds is 5. The van der Waals surface area contributed by atoms with Crippen LogP contribution in [0.2, 0.25) is 0 Å². The van der Waals surface area contributed by atoms with Crippen LogP contribution >= 0.6 is 0 Å². The van der Waals surface area contributed by atoms with Gasteiger partial charge in [0.2, 0.25) is 5.95 Å². The molecule has 3 aromatic rings. The quantitative estimate of drug-likeness (QED) is 0.667. The monoisotopic (exact) mass is 410 g/mol. The zero-order valence-corrected chi connectivity index (χ0v) is 17.5. The van der Waals surface area contributed by atoms with Gasteiger partial charge in [0.15, 0.2) is 0 Å². The van der Waals surface area contributed by atoms with Gasteiger partial charge in [-0.25, -0.2) is 23.1 Å². The first-order chi connectivity index (χ1) is 13.6. The first kappa shape index (κ1) is 20.5. The molecule has 0 atom stereocenters. The Hall–Kier alpha value is -3.26. The van der Waals surface area contributed by atoms with Crippen LogP contribution in [0.1, 0.15) is 32.9 Å². The summed E-state index contributed by atoms with van der Waals surface area (Å²) in [5.74, 6) is -0.224. The van der Waals surface area contributed by atoms with Crippen molar-refractivity contribution in [1.82, 2.24) is 9.97 Å². The molecule has 0 bridgehead atoms. The van der Waals surface area contributed by atoms with Crippen LogP contribution in [0, 0.1) is 27.7 Å². The molecule has 0 aliphatic rings. The number of carbonyl (C=O) groups excluding carboxylic acids is 1. The van der Waals surface area contributed by atoms with Crippen molar-refractivity contribution >= 4 is 27.6 Å². The number of nitrogens with one attached hydrogen (secondary N) is 2. The fraction of sp³-hybridized carbons (Fsp3) is 0.190. The van der Waals surface area contributed by atoms with E-state index in [2.05, 4.69) is 20.0 Å². The fourth-order valence-corrected chi connectivity index (χ4v) is 3.79. The van der Waals surface area contributed by atoms with E-state index in [4.69, 9.17) is 0 Å². The molecule has 150 valence electrons. The first-order valence-electron chi connectivity index (χ1n) is 8.98. The van der Waals surface area contributed by atoms with Crippen molar-refractivity contribution in [3.05, 3.63) is 76.6 Å². The minimum atomic E-state index is -3.84. The van der Waals surface area contributed by atoms with Crippen LogP contribution in [-0.2, 0) is 10.0 Å². The summed E-state index contributed by atoms with van der Waals surface area (Å²) < 4.78 is 27.5. The Morgan fingerprint density at radius 2 is 1.48 bits per heavy atom. The minimum absolute atomic E-state index is 0.0230. The molecule has 3 rings (SSSR count). The van der Waals surface area contributed by atoms with Crippen LogP contribution in [0.25, 0.3) is 0 Å². The van der Waals surface area contributed by atoms with E-state index >= 15 is 0 Å². The molecule has 0 radical (unpaired) electrons. The van der Waals surface area contributed by atoms with Crippen molar-refractivity contribution in [3.63, 3.8) is 0 Å². The highest BCUT2D eigenvalue weighted by molar-refractivity contribution is 7.92. The molecule has 8 heteroatoms. The third kappa shape index (κ3) is 4.97. The van der Waals surface area contributed by atoms with Gasteiger partial charge in [-0.3, -0.25) is 4.79 Å². The van der Waals surface area contributed by atoms with Crippen molar-refractivity contribution in [2.75, 3.05) is 10.0 Å². The third-order valence-electron chi connectivity index (χ3n) is 4.27. The van der Waals surface area contributed by atoms with Crippen molar-refractivity contribution in [2.45, 2.75) is 32.6 Å². The number of carbonyl (C=O) groups is 1. The van der Waals surface area contributed by atoms with E-state index in [9.17, 15) is 13.2 Å². The molecule has 0 unspecified atom stereocenters. The lowest BCUT2D eigenvalue weighted by atomic mass is 10.1. The van der Waals surface area contributed by atoms with Gasteiger partial charge in [-0.05, 0) is 69.7 Å². The van der Waals surface area contributed by atoms with Crippen molar-refractivity contribution < 1.29 is 13.2 Å². The second kappa shape index (κ2) is 8.00. The Labute approximate surface area is 170 Å². The highest BCUT2D eigenvalue weighted by atomic mass is 32.2. The van der Waals surface area contributed by atoms with E-state index in [1.807, 2.05) is 32.0 Å². The van der Waals surface area contributed by atoms with Crippen molar-refractivity contribution in [1.29, 1.82) is 0 Å². The maximum Gasteiger partial charge on any atom is 0.264 e. The number of benzene rings is 2. The molecular formula is C21H22N4O3S. The average molecular weight is 410 g/mol. The Morgan fingerprint density at radius 3 is 2.10 bits per heavy atom. The predicted molar refractivity (Wildman–Crippen MR) is 113 cm³/mol. The summed E-state index contributed by atoms with van der Waals surface area (Å²) in [6, 6.07) is 13.3. The molecule has 0 aliphatic carbocycles. The Balaban J connectivity index is 1.77. The summed E-state index contributed by atoms with van der Waals surface area (Å²) in [5, 5.41) is 2.79. The Morgan fingerprint density at radius 1 is 0.862 bits per heavy atom. The van der Waals surface area contributed by atoms with Gasteiger partial charge in [-0.1, -0.05) is 17.7 Å². The summed E-state index contributed by atoms with van der Waals surface area (Å²) in [6.07, 6.45) is 0. The second-order valence-corrected chi connectivity index (χ2v) is 8.56. The number of hydrogen-bond acceptors (Lipinski definition) is 5. The standard InChI is InChI=1S/C21H22N4O3S/c1-13-5-6-14(2)19(11-13)20(26)24-17-7-9-18(10-8-17)29(27,28)25-21-22-15(3)12-16(4)23-21/h5-12H,1-4H3,(H,24,26)(H,22,23,25). The maximum absolute atomic E-state index is 12.6. The zero-order valence-electron chi connectivity index (χ0n) is 16.6. The lowest BCUT2D eigenvalue weighted by Gasteiger charge is -2.10. The second-order valence-electron chi connectivity index (χ2n) is 6.88. The minimum Gasteiger partial charge on any atom is -0.322 e. The number of aryl methyl sites for hydroxylation is 4. The zero-order chi connectivity index (χ0) is 21.2. The van der Waals surface area contributed by atoms with Crippen molar-refractivity contribution in [2.24, 2.45) is 0 Å². The van der Waals surface area contributed by atoms with Crippen LogP contribution in [0.5, 0.6) is 0 Å². The first-order valence-corrected chi connectivity index (χ1v) is 10.5.